The molecule has 0 N–H and O–H groups in total. The summed E-state index contributed by atoms with van der Waals surface area (Å²) in [5, 5.41) is 9.65. The SMILES string of the molecule is CC(C)C.Cc1nnc(C)s1. The first-order valence-electron chi connectivity index (χ1n) is 3.79. The van der Waals surface area contributed by atoms with E-state index in [2.05, 4.69) is 31.0 Å². The zero-order valence-electron chi connectivity index (χ0n) is 7.88. The molecule has 0 atom stereocenters. The molecule has 0 saturated carbocycles. The first-order valence-corrected chi connectivity index (χ1v) is 4.60. The van der Waals surface area contributed by atoms with Crippen LogP contribution in [0.3, 0.4) is 0 Å². The highest BCUT2D eigenvalue weighted by atomic mass is 32.1. The number of rotatable bonds is 0. The number of hydrogen-bond donors (Lipinski definition) is 0. The van der Waals surface area contributed by atoms with Crippen LogP contribution < -0.4 is 0 Å². The van der Waals surface area contributed by atoms with Gasteiger partial charge >= 0.3 is 0 Å². The lowest BCUT2D eigenvalue weighted by atomic mass is 10.3. The molecular weight excluding hydrogens is 156 g/mol. The summed E-state index contributed by atoms with van der Waals surface area (Å²) in [7, 11) is 0. The molecule has 2 nitrogen and oxygen atoms in total. The van der Waals surface area contributed by atoms with Crippen LogP contribution in [0.4, 0.5) is 0 Å². The van der Waals surface area contributed by atoms with Crippen LogP contribution >= 0.6 is 11.3 Å². The second kappa shape index (κ2) is 5.24. The third-order valence-electron chi connectivity index (χ3n) is 0.627. The lowest BCUT2D eigenvalue weighted by Crippen LogP contribution is -1.68. The van der Waals surface area contributed by atoms with Crippen LogP contribution in [-0.2, 0) is 0 Å². The van der Waals surface area contributed by atoms with Crippen molar-refractivity contribution < 1.29 is 0 Å². The smallest absolute Gasteiger partial charge is 0.114 e. The largest absolute Gasteiger partial charge is 0.144 e. The topological polar surface area (TPSA) is 25.8 Å². The van der Waals surface area contributed by atoms with Crippen molar-refractivity contribution in [1.29, 1.82) is 0 Å². The zero-order valence-corrected chi connectivity index (χ0v) is 8.70. The standard InChI is InChI=1S/C4H6N2S.C4H10/c1-3-5-6-4(2)7-3;1-4(2)3/h1-2H3;4H,1-3H3. The lowest BCUT2D eigenvalue weighted by molar-refractivity contribution is 0.737. The molecule has 64 valence electrons. The molecule has 0 fully saturated rings. The second-order valence-corrected chi connectivity index (χ2v) is 4.46. The summed E-state index contributed by atoms with van der Waals surface area (Å²) >= 11 is 1.62. The van der Waals surface area contributed by atoms with Crippen LogP contribution in [0.1, 0.15) is 30.8 Å². The molecule has 0 radical (unpaired) electrons. The molecule has 0 aliphatic rings. The highest BCUT2D eigenvalue weighted by Crippen LogP contribution is 2.03. The molecule has 1 rings (SSSR count). The van der Waals surface area contributed by atoms with Gasteiger partial charge in [-0.2, -0.15) is 0 Å². The van der Waals surface area contributed by atoms with Gasteiger partial charge in [0.2, 0.25) is 0 Å². The van der Waals surface area contributed by atoms with Crippen LogP contribution in [0.5, 0.6) is 0 Å². The molecule has 0 unspecified atom stereocenters. The average molecular weight is 172 g/mol. The Hall–Kier alpha value is -0.440. The maximum Gasteiger partial charge on any atom is 0.114 e. The van der Waals surface area contributed by atoms with E-state index in [0.29, 0.717) is 0 Å². The summed E-state index contributed by atoms with van der Waals surface area (Å²) in [5.41, 5.74) is 0. The van der Waals surface area contributed by atoms with E-state index in [-0.39, 0.29) is 0 Å². The molecule has 1 heterocycles. The number of hydrogen-bond acceptors (Lipinski definition) is 3. The van der Waals surface area contributed by atoms with Crippen molar-refractivity contribution >= 4 is 11.3 Å². The van der Waals surface area contributed by atoms with Crippen molar-refractivity contribution in [3.05, 3.63) is 10.0 Å². The number of aromatic nitrogens is 2. The van der Waals surface area contributed by atoms with Gasteiger partial charge in [0.25, 0.3) is 0 Å². The summed E-state index contributed by atoms with van der Waals surface area (Å²) < 4.78 is 0. The van der Waals surface area contributed by atoms with Crippen LogP contribution in [0.25, 0.3) is 0 Å². The van der Waals surface area contributed by atoms with Crippen LogP contribution in [-0.4, -0.2) is 10.2 Å². The monoisotopic (exact) mass is 172 g/mol. The lowest BCUT2D eigenvalue weighted by Gasteiger charge is -1.79. The molecule has 3 heteroatoms. The molecule has 1 aromatic rings. The van der Waals surface area contributed by atoms with Crippen LogP contribution in [0.15, 0.2) is 0 Å². The van der Waals surface area contributed by atoms with Crippen LogP contribution in [0, 0.1) is 19.8 Å². The Labute approximate surface area is 72.7 Å². The second-order valence-electron chi connectivity index (χ2n) is 3.07. The van der Waals surface area contributed by atoms with Crippen molar-refractivity contribution in [2.75, 3.05) is 0 Å². The molecule has 0 aliphatic heterocycles. The third kappa shape index (κ3) is 7.46. The Morgan fingerprint density at radius 3 is 1.36 bits per heavy atom. The fourth-order valence-electron chi connectivity index (χ4n) is 0.395. The summed E-state index contributed by atoms with van der Waals surface area (Å²) in [6.07, 6.45) is 0. The molecular formula is C8H16N2S. The minimum absolute atomic E-state index is 0.833. The van der Waals surface area contributed by atoms with E-state index in [1.807, 2.05) is 13.8 Å². The van der Waals surface area contributed by atoms with Gasteiger partial charge in [-0.15, -0.1) is 21.5 Å². The molecule has 0 spiro atoms. The van der Waals surface area contributed by atoms with Gasteiger partial charge < -0.3 is 0 Å². The average Bonchev–Trinajstić information content (AvgIpc) is 2.13. The Morgan fingerprint density at radius 2 is 1.27 bits per heavy atom. The first-order chi connectivity index (χ1) is 5.02. The molecule has 0 aliphatic carbocycles. The third-order valence-corrected chi connectivity index (χ3v) is 1.38. The van der Waals surface area contributed by atoms with Gasteiger partial charge in [0, 0.05) is 0 Å². The summed E-state index contributed by atoms with van der Waals surface area (Å²) in [6, 6.07) is 0. The fraction of sp³-hybridized carbons (Fsp3) is 0.750. The Balaban J connectivity index is 0.000000218. The molecule has 11 heavy (non-hydrogen) atoms. The molecule has 0 bridgehead atoms. The molecule has 0 saturated heterocycles. The van der Waals surface area contributed by atoms with E-state index < -0.39 is 0 Å². The van der Waals surface area contributed by atoms with E-state index in [4.69, 9.17) is 0 Å². The highest BCUT2D eigenvalue weighted by Gasteiger charge is 1.88. The van der Waals surface area contributed by atoms with E-state index in [0.717, 1.165) is 15.9 Å². The number of aryl methyl sites for hydroxylation is 2. The van der Waals surface area contributed by atoms with Gasteiger partial charge in [-0.25, -0.2) is 0 Å². The summed E-state index contributed by atoms with van der Waals surface area (Å²) in [4.78, 5) is 0. The predicted octanol–water partition coefficient (Wildman–Crippen LogP) is 2.82. The summed E-state index contributed by atoms with van der Waals surface area (Å²) in [5.74, 6) is 0.833. The number of nitrogens with zero attached hydrogens (tertiary/aromatic N) is 2. The molecule has 1 aromatic heterocycles. The normalized spacial score (nSPS) is 9.27. The van der Waals surface area contributed by atoms with Crippen molar-refractivity contribution in [2.24, 2.45) is 5.92 Å². The zero-order chi connectivity index (χ0) is 8.85. The van der Waals surface area contributed by atoms with Crippen molar-refractivity contribution in [3.8, 4) is 0 Å². The van der Waals surface area contributed by atoms with Crippen molar-refractivity contribution in [2.45, 2.75) is 34.6 Å². The Morgan fingerprint density at radius 1 is 1.00 bits per heavy atom. The van der Waals surface area contributed by atoms with Crippen molar-refractivity contribution in [1.82, 2.24) is 10.2 Å². The minimum Gasteiger partial charge on any atom is -0.144 e. The quantitative estimate of drug-likeness (QED) is 0.601. The first kappa shape index (κ1) is 10.6. The maximum absolute atomic E-state index is 3.78. The van der Waals surface area contributed by atoms with Gasteiger partial charge in [0.1, 0.15) is 10.0 Å². The van der Waals surface area contributed by atoms with Gasteiger partial charge in [-0.05, 0) is 19.8 Å². The molecule has 0 amide bonds. The van der Waals surface area contributed by atoms with E-state index in [1.54, 1.807) is 11.3 Å². The Kier molecular flexibility index (Phi) is 5.03. The van der Waals surface area contributed by atoms with Crippen molar-refractivity contribution in [3.63, 3.8) is 0 Å². The van der Waals surface area contributed by atoms with E-state index in [9.17, 15) is 0 Å². The van der Waals surface area contributed by atoms with Gasteiger partial charge in [-0.3, -0.25) is 0 Å². The van der Waals surface area contributed by atoms with Crippen LogP contribution in [0.2, 0.25) is 0 Å². The summed E-state index contributed by atoms with van der Waals surface area (Å²) in [6.45, 7) is 10.4. The highest BCUT2D eigenvalue weighted by molar-refractivity contribution is 7.11. The van der Waals surface area contributed by atoms with E-state index >= 15 is 0 Å². The maximum atomic E-state index is 3.78. The van der Waals surface area contributed by atoms with Gasteiger partial charge in [0.15, 0.2) is 0 Å². The molecule has 0 aromatic carbocycles. The van der Waals surface area contributed by atoms with E-state index in [1.165, 1.54) is 0 Å². The fourth-order valence-corrected chi connectivity index (χ4v) is 0.986. The predicted molar refractivity (Wildman–Crippen MR) is 49.9 cm³/mol. The minimum atomic E-state index is 0.833. The van der Waals surface area contributed by atoms with Gasteiger partial charge in [-0.1, -0.05) is 20.8 Å². The Bertz CT molecular complexity index is 174. The van der Waals surface area contributed by atoms with Gasteiger partial charge in [0.05, 0.1) is 0 Å².